The molecule has 3 aromatic rings. The molecule has 0 bridgehead atoms. The van der Waals surface area contributed by atoms with E-state index in [-0.39, 0.29) is 17.7 Å². The first-order valence-corrected chi connectivity index (χ1v) is 9.11. The van der Waals surface area contributed by atoms with Gasteiger partial charge in [0.25, 0.3) is 0 Å². The van der Waals surface area contributed by atoms with Gasteiger partial charge in [-0.15, -0.1) is 10.2 Å². The molecule has 1 aromatic heterocycles. The molecule has 2 aromatic carbocycles. The number of carbonyl (C=O) groups is 1. The van der Waals surface area contributed by atoms with Crippen LogP contribution in [0.1, 0.15) is 17.2 Å². The lowest BCUT2D eigenvalue weighted by Gasteiger charge is -2.20. The van der Waals surface area contributed by atoms with Crippen LogP contribution in [0.2, 0.25) is 0 Å². The Kier molecular flexibility index (Phi) is 5.91. The second-order valence-electron chi connectivity index (χ2n) is 5.70. The van der Waals surface area contributed by atoms with E-state index in [4.69, 9.17) is 4.74 Å². The number of hydrogen-bond acceptors (Lipinski definition) is 5. The molecule has 6 nitrogen and oxygen atoms in total. The van der Waals surface area contributed by atoms with Crippen molar-refractivity contribution in [3.05, 3.63) is 72.1 Å². The Labute approximate surface area is 156 Å². The number of nitrogens with one attached hydrogen (secondary N) is 1. The molecule has 7 heteroatoms. The van der Waals surface area contributed by atoms with Crippen molar-refractivity contribution in [2.24, 2.45) is 7.05 Å². The quantitative estimate of drug-likeness (QED) is 0.650. The zero-order valence-electron chi connectivity index (χ0n) is 14.6. The third-order valence-electron chi connectivity index (χ3n) is 3.89. The van der Waals surface area contributed by atoms with Gasteiger partial charge in [-0.25, -0.2) is 0 Å². The van der Waals surface area contributed by atoms with E-state index in [9.17, 15) is 4.79 Å². The summed E-state index contributed by atoms with van der Waals surface area (Å²) < 4.78 is 7.01. The van der Waals surface area contributed by atoms with Crippen molar-refractivity contribution in [2.45, 2.75) is 11.2 Å². The summed E-state index contributed by atoms with van der Waals surface area (Å²) in [6.45, 7) is 0. The van der Waals surface area contributed by atoms with Gasteiger partial charge < -0.3 is 14.6 Å². The van der Waals surface area contributed by atoms with Gasteiger partial charge in [-0.3, -0.25) is 4.79 Å². The van der Waals surface area contributed by atoms with Gasteiger partial charge in [-0.05, 0) is 23.3 Å². The van der Waals surface area contributed by atoms with Crippen LogP contribution < -0.4 is 10.1 Å². The van der Waals surface area contributed by atoms with Crippen molar-refractivity contribution in [1.29, 1.82) is 0 Å². The number of thioether (sulfide) groups is 1. The molecule has 1 heterocycles. The minimum absolute atomic E-state index is 0.0670. The maximum Gasteiger partial charge on any atom is 0.231 e. The van der Waals surface area contributed by atoms with Crippen molar-refractivity contribution in [2.75, 3.05) is 12.9 Å². The van der Waals surface area contributed by atoms with Crippen LogP contribution in [0.4, 0.5) is 0 Å². The van der Waals surface area contributed by atoms with Crippen molar-refractivity contribution in [1.82, 2.24) is 20.1 Å². The molecule has 0 spiro atoms. The first kappa shape index (κ1) is 18.0. The summed E-state index contributed by atoms with van der Waals surface area (Å²) in [6.07, 6.45) is 1.62. The number of nitrogens with zero attached hydrogens (tertiary/aromatic N) is 3. The SMILES string of the molecule is COc1ccc([C@H](NC(=O)CSc2nncn2C)c2ccccc2)cc1. The normalized spacial score (nSPS) is 11.8. The molecule has 0 aliphatic heterocycles. The first-order valence-electron chi connectivity index (χ1n) is 8.12. The molecule has 1 atom stereocenters. The van der Waals surface area contributed by atoms with Gasteiger partial charge in [-0.2, -0.15) is 0 Å². The first-order chi connectivity index (χ1) is 12.7. The fourth-order valence-corrected chi connectivity index (χ4v) is 3.24. The lowest BCUT2D eigenvalue weighted by Crippen LogP contribution is -2.30. The molecule has 0 radical (unpaired) electrons. The van der Waals surface area contributed by atoms with E-state index in [0.29, 0.717) is 5.16 Å². The third-order valence-corrected chi connectivity index (χ3v) is 4.92. The Bertz CT molecular complexity index is 849. The van der Waals surface area contributed by atoms with E-state index in [2.05, 4.69) is 15.5 Å². The molecule has 0 fully saturated rings. The summed E-state index contributed by atoms with van der Waals surface area (Å²) in [7, 11) is 3.49. The number of rotatable bonds is 7. The lowest BCUT2D eigenvalue weighted by molar-refractivity contribution is -0.119. The van der Waals surface area contributed by atoms with E-state index in [1.165, 1.54) is 11.8 Å². The zero-order chi connectivity index (χ0) is 18.4. The van der Waals surface area contributed by atoms with Gasteiger partial charge >= 0.3 is 0 Å². The monoisotopic (exact) mass is 368 g/mol. The molecule has 0 aliphatic carbocycles. The van der Waals surface area contributed by atoms with E-state index < -0.39 is 0 Å². The summed E-state index contributed by atoms with van der Waals surface area (Å²) in [4.78, 5) is 12.5. The summed E-state index contributed by atoms with van der Waals surface area (Å²) in [5, 5.41) is 11.6. The largest absolute Gasteiger partial charge is 0.497 e. The highest BCUT2D eigenvalue weighted by molar-refractivity contribution is 7.99. The lowest BCUT2D eigenvalue weighted by atomic mass is 9.98. The molecule has 0 unspecified atom stereocenters. The van der Waals surface area contributed by atoms with Gasteiger partial charge in [0.2, 0.25) is 5.91 Å². The summed E-state index contributed by atoms with van der Waals surface area (Å²) in [5.74, 6) is 0.985. The summed E-state index contributed by atoms with van der Waals surface area (Å²) in [6, 6.07) is 17.4. The number of aromatic nitrogens is 3. The van der Waals surface area contributed by atoms with E-state index >= 15 is 0 Å². The Morgan fingerprint density at radius 1 is 1.15 bits per heavy atom. The predicted molar refractivity (Wildman–Crippen MR) is 101 cm³/mol. The van der Waals surface area contributed by atoms with Gasteiger partial charge in [0.05, 0.1) is 18.9 Å². The van der Waals surface area contributed by atoms with E-state index in [1.807, 2.05) is 61.6 Å². The second kappa shape index (κ2) is 8.53. The van der Waals surface area contributed by atoms with Crippen molar-refractivity contribution in [3.63, 3.8) is 0 Å². The Balaban J connectivity index is 1.75. The number of amides is 1. The maximum atomic E-state index is 12.5. The second-order valence-corrected chi connectivity index (χ2v) is 6.64. The van der Waals surface area contributed by atoms with Gasteiger partial charge in [0.1, 0.15) is 12.1 Å². The highest BCUT2D eigenvalue weighted by Gasteiger charge is 2.17. The third kappa shape index (κ3) is 4.43. The highest BCUT2D eigenvalue weighted by atomic mass is 32.2. The molecular formula is C19H20N4O2S. The van der Waals surface area contributed by atoms with Crippen LogP contribution in [0, 0.1) is 0 Å². The van der Waals surface area contributed by atoms with E-state index in [1.54, 1.807) is 18.0 Å². The van der Waals surface area contributed by atoms with Gasteiger partial charge in [0, 0.05) is 7.05 Å². The average Bonchev–Trinajstić information content (AvgIpc) is 3.10. The van der Waals surface area contributed by atoms with Crippen molar-refractivity contribution in [3.8, 4) is 5.75 Å². The standard InChI is InChI=1S/C19H20N4O2S/c1-23-13-20-22-19(23)26-12-17(24)21-18(14-6-4-3-5-7-14)15-8-10-16(25-2)11-9-15/h3-11,13,18H,12H2,1-2H3,(H,21,24)/t18-/m1/s1. The molecule has 1 amide bonds. The van der Waals surface area contributed by atoms with Crippen molar-refractivity contribution < 1.29 is 9.53 Å². The number of carbonyl (C=O) groups excluding carboxylic acids is 1. The number of ether oxygens (including phenoxy) is 1. The smallest absolute Gasteiger partial charge is 0.231 e. The minimum atomic E-state index is -0.227. The number of aryl methyl sites for hydroxylation is 1. The molecule has 3 rings (SSSR count). The van der Waals surface area contributed by atoms with Crippen LogP contribution in [0.3, 0.4) is 0 Å². The average molecular weight is 368 g/mol. The van der Waals surface area contributed by atoms with Crippen LogP contribution in [-0.4, -0.2) is 33.5 Å². The predicted octanol–water partition coefficient (Wildman–Crippen LogP) is 2.82. The Hall–Kier alpha value is -2.80. The molecule has 0 aliphatic rings. The molecule has 134 valence electrons. The fourth-order valence-electron chi connectivity index (χ4n) is 2.54. The van der Waals surface area contributed by atoms with Gasteiger partial charge in [-0.1, -0.05) is 54.2 Å². The minimum Gasteiger partial charge on any atom is -0.497 e. The van der Waals surface area contributed by atoms with Crippen LogP contribution in [0.25, 0.3) is 0 Å². The molecule has 26 heavy (non-hydrogen) atoms. The summed E-state index contributed by atoms with van der Waals surface area (Å²) in [5.41, 5.74) is 2.02. The molecular weight excluding hydrogens is 348 g/mol. The number of hydrogen-bond donors (Lipinski definition) is 1. The highest BCUT2D eigenvalue weighted by Crippen LogP contribution is 2.24. The topological polar surface area (TPSA) is 69.0 Å². The van der Waals surface area contributed by atoms with Crippen LogP contribution in [-0.2, 0) is 11.8 Å². The zero-order valence-corrected chi connectivity index (χ0v) is 15.4. The Morgan fingerprint density at radius 3 is 2.46 bits per heavy atom. The van der Waals surface area contributed by atoms with E-state index in [0.717, 1.165) is 16.9 Å². The maximum absolute atomic E-state index is 12.5. The van der Waals surface area contributed by atoms with Gasteiger partial charge in [0.15, 0.2) is 5.16 Å². The van der Waals surface area contributed by atoms with Crippen LogP contribution in [0.5, 0.6) is 5.75 Å². The molecule has 0 saturated carbocycles. The van der Waals surface area contributed by atoms with Crippen molar-refractivity contribution >= 4 is 17.7 Å². The molecule has 1 N–H and O–H groups in total. The number of methoxy groups -OCH3 is 1. The summed E-state index contributed by atoms with van der Waals surface area (Å²) >= 11 is 1.36. The van der Waals surface area contributed by atoms with Crippen LogP contribution in [0.15, 0.2) is 66.1 Å². The van der Waals surface area contributed by atoms with Crippen LogP contribution >= 0.6 is 11.8 Å². The fraction of sp³-hybridized carbons (Fsp3) is 0.211. The Morgan fingerprint density at radius 2 is 1.85 bits per heavy atom. The molecule has 0 saturated heterocycles. The number of benzene rings is 2.